The lowest BCUT2D eigenvalue weighted by Gasteiger charge is -2.26. The molecule has 0 aromatic heterocycles. The van der Waals surface area contributed by atoms with Gasteiger partial charge in [0, 0.05) is 16.2 Å². The van der Waals surface area contributed by atoms with E-state index in [2.05, 4.69) is 33.1 Å². The Morgan fingerprint density at radius 2 is 2.25 bits per heavy atom. The maximum atomic E-state index is 6.93. The maximum Gasteiger partial charge on any atom is 0.124 e. The highest BCUT2D eigenvalue weighted by atomic mass is 32.2. The highest BCUT2D eigenvalue weighted by Gasteiger charge is 2.20. The smallest absolute Gasteiger partial charge is 0.124 e. The Morgan fingerprint density at radius 1 is 1.56 bits per heavy atom. The van der Waals surface area contributed by atoms with Crippen molar-refractivity contribution in [2.24, 2.45) is 0 Å². The fraction of sp³-hybridized carbons (Fsp3) is 0.538. The predicted octanol–water partition coefficient (Wildman–Crippen LogP) is 3.80. The molecule has 0 aliphatic rings. The molecule has 0 fully saturated rings. The number of hydrogen-bond acceptors (Lipinski definition) is 3. The van der Waals surface area contributed by atoms with Crippen LogP contribution in [-0.4, -0.2) is 22.8 Å². The monoisotopic (exact) mass is 239 g/mol. The van der Waals surface area contributed by atoms with E-state index in [-0.39, 0.29) is 4.75 Å². The van der Waals surface area contributed by atoms with Gasteiger partial charge in [-0.15, -0.1) is 11.8 Å². The van der Waals surface area contributed by atoms with Gasteiger partial charge in [-0.05, 0) is 19.4 Å². The van der Waals surface area contributed by atoms with Crippen molar-refractivity contribution in [3.63, 3.8) is 0 Å². The van der Waals surface area contributed by atoms with Gasteiger partial charge in [0.15, 0.2) is 0 Å². The van der Waals surface area contributed by atoms with Crippen molar-refractivity contribution in [1.82, 2.24) is 0 Å². The highest BCUT2D eigenvalue weighted by Crippen LogP contribution is 2.32. The first-order valence-corrected chi connectivity index (χ1v) is 6.21. The van der Waals surface area contributed by atoms with Crippen molar-refractivity contribution in [1.29, 1.82) is 5.41 Å². The Morgan fingerprint density at radius 3 is 2.81 bits per heavy atom. The topological polar surface area (TPSA) is 33.1 Å². The molecule has 3 heteroatoms. The van der Waals surface area contributed by atoms with Crippen LogP contribution in [0.4, 0.5) is 0 Å². The first kappa shape index (κ1) is 15.1. The van der Waals surface area contributed by atoms with Gasteiger partial charge < -0.3 is 10.1 Å². The summed E-state index contributed by atoms with van der Waals surface area (Å²) in [5.41, 5.74) is 2.58. The lowest BCUT2D eigenvalue weighted by Crippen LogP contribution is -2.20. The molecule has 0 bridgehead atoms. The Labute approximate surface area is 103 Å². The third-order valence-corrected chi connectivity index (χ3v) is 3.34. The van der Waals surface area contributed by atoms with Crippen LogP contribution in [0.25, 0.3) is 0 Å². The van der Waals surface area contributed by atoms with Crippen LogP contribution >= 0.6 is 11.8 Å². The molecule has 0 aliphatic heterocycles. The van der Waals surface area contributed by atoms with Crippen LogP contribution in [0.3, 0.4) is 0 Å². The summed E-state index contributed by atoms with van der Waals surface area (Å²) in [6.07, 6.45) is 7.58. The third kappa shape index (κ3) is 8.39. The van der Waals surface area contributed by atoms with E-state index in [0.717, 1.165) is 6.42 Å². The Hall–Kier alpha value is -0.920. The Balaban J connectivity index is 3.97. The number of rotatable bonds is 8. The molecule has 1 atom stereocenters. The molecule has 0 saturated carbocycles. The van der Waals surface area contributed by atoms with Crippen molar-refractivity contribution in [2.75, 3.05) is 6.61 Å². The Kier molecular flexibility index (Phi) is 7.78. The minimum atomic E-state index is 0.167. The van der Waals surface area contributed by atoms with Gasteiger partial charge >= 0.3 is 0 Å². The maximum absolute atomic E-state index is 6.93. The van der Waals surface area contributed by atoms with Gasteiger partial charge in [-0.1, -0.05) is 32.2 Å². The van der Waals surface area contributed by atoms with Crippen molar-refractivity contribution >= 4 is 18.0 Å². The standard InChI is InChI=1S/C13H21NOS/c1-5-10-15-11-8-13(3,4)16-12(2)7-6-9-14/h6-7,9-10,12,14H,1,8,11H2,2-4H3/b7-6-,14-9?. The average molecular weight is 239 g/mol. The van der Waals surface area contributed by atoms with Crippen molar-refractivity contribution in [3.05, 3.63) is 30.7 Å². The number of ether oxygens (including phenoxy) is 1. The Bertz CT molecular complexity index is 278. The van der Waals surface area contributed by atoms with E-state index in [4.69, 9.17) is 10.1 Å². The highest BCUT2D eigenvalue weighted by molar-refractivity contribution is 8.01. The molecule has 16 heavy (non-hydrogen) atoms. The van der Waals surface area contributed by atoms with E-state index >= 15 is 0 Å². The molecular formula is C13H21NOS. The van der Waals surface area contributed by atoms with Crippen LogP contribution in [-0.2, 0) is 4.74 Å². The second-order valence-electron chi connectivity index (χ2n) is 4.08. The van der Waals surface area contributed by atoms with E-state index < -0.39 is 0 Å². The van der Waals surface area contributed by atoms with Crippen LogP contribution in [0.5, 0.6) is 0 Å². The number of allylic oxidation sites excluding steroid dienone is 1. The molecule has 0 rings (SSSR count). The zero-order valence-electron chi connectivity index (χ0n) is 10.3. The van der Waals surface area contributed by atoms with Gasteiger partial charge in [0.25, 0.3) is 0 Å². The summed E-state index contributed by atoms with van der Waals surface area (Å²) < 4.78 is 5.38. The van der Waals surface area contributed by atoms with Gasteiger partial charge in [-0.3, -0.25) is 0 Å². The lowest BCUT2D eigenvalue weighted by molar-refractivity contribution is 0.235. The van der Waals surface area contributed by atoms with Gasteiger partial charge in [0.05, 0.1) is 6.61 Å². The van der Waals surface area contributed by atoms with Gasteiger partial charge in [-0.2, -0.15) is 0 Å². The molecule has 0 heterocycles. The van der Waals surface area contributed by atoms with Crippen LogP contribution in [0, 0.1) is 5.41 Å². The number of nitrogens with one attached hydrogen (secondary N) is 1. The molecule has 0 amide bonds. The van der Waals surface area contributed by atoms with Gasteiger partial charge in [-0.25, -0.2) is 0 Å². The molecule has 1 unspecified atom stereocenters. The van der Waals surface area contributed by atoms with E-state index in [9.17, 15) is 0 Å². The van der Waals surface area contributed by atoms with Crippen molar-refractivity contribution in [2.45, 2.75) is 37.2 Å². The predicted molar refractivity (Wildman–Crippen MR) is 73.3 cm³/mol. The fourth-order valence-corrected chi connectivity index (χ4v) is 2.61. The molecule has 0 aromatic carbocycles. The summed E-state index contributed by atoms with van der Waals surface area (Å²) >= 11 is 1.88. The molecule has 90 valence electrons. The van der Waals surface area contributed by atoms with Crippen molar-refractivity contribution in [3.8, 4) is 0 Å². The summed E-state index contributed by atoms with van der Waals surface area (Å²) in [6, 6.07) is 0. The molecule has 0 radical (unpaired) electrons. The first-order valence-electron chi connectivity index (χ1n) is 5.33. The summed E-state index contributed by atoms with van der Waals surface area (Å²) in [6.45, 7) is 10.7. The normalized spacial score (nSPS) is 13.2. The lowest BCUT2D eigenvalue weighted by atomic mass is 10.1. The van der Waals surface area contributed by atoms with Gasteiger partial charge in [0.2, 0.25) is 0 Å². The second kappa shape index (κ2) is 8.26. The summed E-state index contributed by atoms with van der Waals surface area (Å²) in [7, 11) is 0. The summed E-state index contributed by atoms with van der Waals surface area (Å²) in [5.74, 6) is 0. The third-order valence-electron chi connectivity index (χ3n) is 1.97. The fourth-order valence-electron chi connectivity index (χ4n) is 1.24. The molecular weight excluding hydrogens is 218 g/mol. The molecule has 2 nitrogen and oxygen atoms in total. The summed E-state index contributed by atoms with van der Waals surface area (Å²) in [4.78, 5) is 0. The number of thioether (sulfide) groups is 1. The van der Waals surface area contributed by atoms with E-state index in [1.165, 1.54) is 12.5 Å². The van der Waals surface area contributed by atoms with E-state index in [1.54, 1.807) is 6.08 Å². The van der Waals surface area contributed by atoms with Crippen LogP contribution in [0.2, 0.25) is 0 Å². The zero-order valence-corrected chi connectivity index (χ0v) is 11.1. The molecule has 0 aliphatic carbocycles. The average Bonchev–Trinajstić information content (AvgIpc) is 2.21. The SMILES string of the molecule is C=C=COCCC(C)(C)SC(C)/C=C\C=N. The first-order chi connectivity index (χ1) is 7.52. The molecule has 0 saturated heterocycles. The molecule has 0 aromatic rings. The van der Waals surface area contributed by atoms with Gasteiger partial charge in [0.1, 0.15) is 6.26 Å². The van der Waals surface area contributed by atoms with Crippen molar-refractivity contribution < 1.29 is 4.74 Å². The molecule has 1 N–H and O–H groups in total. The minimum absolute atomic E-state index is 0.167. The van der Waals surface area contributed by atoms with Crippen LogP contribution in [0.1, 0.15) is 27.2 Å². The van der Waals surface area contributed by atoms with Crippen LogP contribution in [0.15, 0.2) is 30.7 Å². The quantitative estimate of drug-likeness (QED) is 0.302. The second-order valence-corrected chi connectivity index (χ2v) is 6.16. The largest absolute Gasteiger partial charge is 0.493 e. The zero-order chi connectivity index (χ0) is 12.4. The summed E-state index contributed by atoms with van der Waals surface area (Å²) in [5, 5.41) is 7.33. The number of hydrogen-bond donors (Lipinski definition) is 1. The van der Waals surface area contributed by atoms with E-state index in [1.807, 2.05) is 17.8 Å². The van der Waals surface area contributed by atoms with E-state index in [0.29, 0.717) is 11.9 Å². The minimum Gasteiger partial charge on any atom is -0.493 e. The van der Waals surface area contributed by atoms with Crippen LogP contribution < -0.4 is 0 Å². The molecule has 0 spiro atoms.